The van der Waals surface area contributed by atoms with Gasteiger partial charge in [0.15, 0.2) is 17.0 Å². The van der Waals surface area contributed by atoms with Crippen molar-refractivity contribution in [1.29, 1.82) is 0 Å². The molecule has 2 aromatic heterocycles. The third-order valence-corrected chi connectivity index (χ3v) is 6.31. The molecule has 4 N–H and O–H groups in total. The lowest BCUT2D eigenvalue weighted by Crippen LogP contribution is -2.33. The van der Waals surface area contributed by atoms with Crippen molar-refractivity contribution in [2.24, 2.45) is 0 Å². The third-order valence-electron chi connectivity index (χ3n) is 6.31. The van der Waals surface area contributed by atoms with Crippen molar-refractivity contribution in [2.45, 2.75) is 43.6 Å². The summed E-state index contributed by atoms with van der Waals surface area (Å²) < 4.78 is 5.56. The molecule has 3 aromatic rings. The van der Waals surface area contributed by atoms with Crippen LogP contribution in [0, 0.1) is 11.8 Å². The SMILES string of the molecule is COCC1(C)CN(c2nc(N)nc3[nH]cnc23)c2cc(C#CC3(O)CCCC3)ccc21. The number of hydrogen-bond donors (Lipinski definition) is 3. The highest BCUT2D eigenvalue weighted by Gasteiger charge is 2.41. The Balaban J connectivity index is 1.62. The Morgan fingerprint density at radius 1 is 1.29 bits per heavy atom. The number of nitrogens with zero attached hydrogens (tertiary/aromatic N) is 4. The topological polar surface area (TPSA) is 113 Å². The minimum atomic E-state index is -0.869. The summed E-state index contributed by atoms with van der Waals surface area (Å²) in [6.45, 7) is 3.40. The number of rotatable bonds is 3. The fourth-order valence-corrected chi connectivity index (χ4v) is 4.79. The maximum atomic E-state index is 10.6. The van der Waals surface area contributed by atoms with Gasteiger partial charge in [0.25, 0.3) is 0 Å². The molecule has 1 aromatic carbocycles. The Morgan fingerprint density at radius 3 is 2.87 bits per heavy atom. The first-order valence-corrected chi connectivity index (χ1v) is 10.5. The minimum absolute atomic E-state index is 0.188. The lowest BCUT2D eigenvalue weighted by atomic mass is 9.85. The zero-order valence-corrected chi connectivity index (χ0v) is 17.8. The van der Waals surface area contributed by atoms with Crippen molar-refractivity contribution in [2.75, 3.05) is 30.9 Å². The number of nitrogen functional groups attached to an aromatic ring is 1. The van der Waals surface area contributed by atoms with E-state index < -0.39 is 5.60 Å². The molecule has 0 radical (unpaired) electrons. The molecule has 2 aliphatic rings. The molecule has 8 heteroatoms. The van der Waals surface area contributed by atoms with Crippen molar-refractivity contribution in [1.82, 2.24) is 19.9 Å². The Hall–Kier alpha value is -3.15. The van der Waals surface area contributed by atoms with Gasteiger partial charge in [-0.1, -0.05) is 24.8 Å². The van der Waals surface area contributed by atoms with Crippen molar-refractivity contribution in [3.8, 4) is 11.8 Å². The van der Waals surface area contributed by atoms with Crippen LogP contribution >= 0.6 is 0 Å². The van der Waals surface area contributed by atoms with Crippen LogP contribution in [0.1, 0.15) is 43.7 Å². The number of aromatic nitrogens is 4. The van der Waals surface area contributed by atoms with Gasteiger partial charge >= 0.3 is 0 Å². The first kappa shape index (κ1) is 19.8. The number of nitrogens with one attached hydrogen (secondary N) is 1. The van der Waals surface area contributed by atoms with Gasteiger partial charge in [-0.2, -0.15) is 9.97 Å². The number of nitrogens with two attached hydrogens (primary N) is 1. The Morgan fingerprint density at radius 2 is 2.10 bits per heavy atom. The number of aliphatic hydroxyl groups is 1. The molecule has 1 unspecified atom stereocenters. The molecule has 160 valence electrons. The van der Waals surface area contributed by atoms with E-state index in [-0.39, 0.29) is 11.4 Å². The van der Waals surface area contributed by atoms with E-state index in [1.54, 1.807) is 13.4 Å². The van der Waals surface area contributed by atoms with Crippen LogP contribution in [0.2, 0.25) is 0 Å². The summed E-state index contributed by atoms with van der Waals surface area (Å²) in [7, 11) is 1.71. The Labute approximate surface area is 180 Å². The highest BCUT2D eigenvalue weighted by atomic mass is 16.5. The monoisotopic (exact) mass is 418 g/mol. The molecule has 8 nitrogen and oxygen atoms in total. The maximum Gasteiger partial charge on any atom is 0.224 e. The molecule has 5 rings (SSSR count). The molecule has 1 aliphatic carbocycles. The molecule has 0 bridgehead atoms. The average molecular weight is 419 g/mol. The summed E-state index contributed by atoms with van der Waals surface area (Å²) in [6, 6.07) is 6.17. The highest BCUT2D eigenvalue weighted by Crippen LogP contribution is 2.45. The number of benzene rings is 1. The van der Waals surface area contributed by atoms with E-state index in [9.17, 15) is 5.11 Å². The van der Waals surface area contributed by atoms with E-state index >= 15 is 0 Å². The van der Waals surface area contributed by atoms with Gasteiger partial charge in [0, 0.05) is 30.3 Å². The number of H-pyrrole nitrogens is 1. The number of ether oxygens (including phenoxy) is 1. The minimum Gasteiger partial charge on any atom is -0.384 e. The van der Waals surface area contributed by atoms with Gasteiger partial charge in [-0.25, -0.2) is 4.98 Å². The van der Waals surface area contributed by atoms with Crippen LogP contribution in [0.15, 0.2) is 24.5 Å². The van der Waals surface area contributed by atoms with Crippen LogP contribution < -0.4 is 10.6 Å². The van der Waals surface area contributed by atoms with Crippen LogP contribution in [0.5, 0.6) is 0 Å². The van der Waals surface area contributed by atoms with Crippen molar-refractivity contribution >= 4 is 28.6 Å². The molecule has 31 heavy (non-hydrogen) atoms. The van der Waals surface area contributed by atoms with E-state index in [0.717, 1.165) is 42.5 Å². The standard InChI is InChI=1S/C23H26N6O2/c1-22(13-31-2)12-29(20-18-19(26-14-25-18)27-21(24)28-20)17-11-15(5-6-16(17)22)7-10-23(30)8-3-4-9-23/h5-6,11,14,30H,3-4,8-9,12-13H2,1-2H3,(H3,24,25,26,27,28). The molecule has 3 heterocycles. The first-order chi connectivity index (χ1) is 14.9. The van der Waals surface area contributed by atoms with E-state index in [0.29, 0.717) is 30.1 Å². The van der Waals surface area contributed by atoms with Gasteiger partial charge in [-0.3, -0.25) is 0 Å². The molecule has 1 aliphatic heterocycles. The molecular formula is C23H26N6O2. The number of hydrogen-bond acceptors (Lipinski definition) is 7. The quantitative estimate of drug-likeness (QED) is 0.561. The average Bonchev–Trinajstić information content (AvgIpc) is 3.45. The van der Waals surface area contributed by atoms with Crippen LogP contribution in [-0.4, -0.2) is 50.9 Å². The molecule has 0 spiro atoms. The second-order valence-electron chi connectivity index (χ2n) is 8.81. The van der Waals surface area contributed by atoms with Gasteiger partial charge in [0.05, 0.1) is 12.9 Å². The fraction of sp³-hybridized carbons (Fsp3) is 0.435. The van der Waals surface area contributed by atoms with E-state index in [2.05, 4.69) is 55.7 Å². The number of anilines is 3. The molecular weight excluding hydrogens is 392 g/mol. The second kappa shape index (κ2) is 7.22. The summed E-state index contributed by atoms with van der Waals surface area (Å²) in [5.41, 5.74) is 9.15. The first-order valence-electron chi connectivity index (χ1n) is 10.5. The molecule has 0 amide bonds. The van der Waals surface area contributed by atoms with Crippen molar-refractivity contribution in [3.63, 3.8) is 0 Å². The summed E-state index contributed by atoms with van der Waals surface area (Å²) >= 11 is 0. The Kier molecular flexibility index (Phi) is 4.61. The number of methoxy groups -OCH3 is 1. The lowest BCUT2D eigenvalue weighted by Gasteiger charge is -2.25. The fourth-order valence-electron chi connectivity index (χ4n) is 4.79. The van der Waals surface area contributed by atoms with Gasteiger partial charge in [-0.15, -0.1) is 0 Å². The molecule has 1 fully saturated rings. The van der Waals surface area contributed by atoms with Crippen LogP contribution in [-0.2, 0) is 10.2 Å². The normalized spacial score (nSPS) is 21.8. The van der Waals surface area contributed by atoms with Gasteiger partial charge in [0.2, 0.25) is 5.95 Å². The Bertz CT molecular complexity index is 1200. The highest BCUT2D eigenvalue weighted by molar-refractivity contribution is 5.89. The molecule has 1 saturated carbocycles. The summed E-state index contributed by atoms with van der Waals surface area (Å²) in [5, 5.41) is 10.6. The maximum absolute atomic E-state index is 10.6. The number of aromatic amines is 1. The predicted molar refractivity (Wildman–Crippen MR) is 119 cm³/mol. The van der Waals surface area contributed by atoms with Gasteiger partial charge in [0.1, 0.15) is 5.60 Å². The summed E-state index contributed by atoms with van der Waals surface area (Å²) in [5.74, 6) is 7.14. The van der Waals surface area contributed by atoms with Gasteiger partial charge < -0.3 is 25.5 Å². The zero-order valence-electron chi connectivity index (χ0n) is 17.8. The van der Waals surface area contributed by atoms with E-state index in [1.807, 2.05) is 6.07 Å². The molecule has 1 atom stereocenters. The second-order valence-corrected chi connectivity index (χ2v) is 8.81. The lowest BCUT2D eigenvalue weighted by molar-refractivity contribution is 0.110. The van der Waals surface area contributed by atoms with Gasteiger partial charge in [-0.05, 0) is 43.4 Å². The number of fused-ring (bicyclic) bond motifs is 2. The summed E-state index contributed by atoms with van der Waals surface area (Å²) in [6.07, 6.45) is 5.11. The van der Waals surface area contributed by atoms with Crippen LogP contribution in [0.3, 0.4) is 0 Å². The molecule has 0 saturated heterocycles. The third kappa shape index (κ3) is 3.40. The van der Waals surface area contributed by atoms with E-state index in [1.165, 1.54) is 0 Å². The van der Waals surface area contributed by atoms with Crippen molar-refractivity contribution < 1.29 is 9.84 Å². The zero-order chi connectivity index (χ0) is 21.6. The van der Waals surface area contributed by atoms with Crippen LogP contribution in [0.25, 0.3) is 11.2 Å². The summed E-state index contributed by atoms with van der Waals surface area (Å²) in [4.78, 5) is 18.3. The smallest absolute Gasteiger partial charge is 0.224 e. The van der Waals surface area contributed by atoms with E-state index in [4.69, 9.17) is 10.5 Å². The van der Waals surface area contributed by atoms with Crippen LogP contribution in [0.4, 0.5) is 17.5 Å². The van der Waals surface area contributed by atoms with Crippen molar-refractivity contribution in [3.05, 3.63) is 35.7 Å². The largest absolute Gasteiger partial charge is 0.384 e. The predicted octanol–water partition coefficient (Wildman–Crippen LogP) is 2.65. The number of imidazole rings is 1.